The molecule has 1 aromatic heterocycles. The summed E-state index contributed by atoms with van der Waals surface area (Å²) in [6, 6.07) is 16.1. The Morgan fingerprint density at radius 3 is 2.23 bits per heavy atom. The Kier molecular flexibility index (Phi) is 14.0. The zero-order valence-electron chi connectivity index (χ0n) is 27.0. The van der Waals surface area contributed by atoms with Gasteiger partial charge in [-0.2, -0.15) is 13.2 Å². The van der Waals surface area contributed by atoms with Crippen LogP contribution in [-0.2, 0) is 34.2 Å². The summed E-state index contributed by atoms with van der Waals surface area (Å²) in [5, 5.41) is 19.4. The topological polar surface area (TPSA) is 126 Å². The van der Waals surface area contributed by atoms with Gasteiger partial charge in [0, 0.05) is 26.5 Å². The predicted octanol–water partition coefficient (Wildman–Crippen LogP) is 6.96. The number of aryl methyl sites for hydroxylation is 1. The fraction of sp³-hybridized carbons (Fsp3) is 0.382. The number of nitrogens with one attached hydrogen (secondary N) is 2. The molecule has 1 heterocycles. The Labute approximate surface area is 281 Å². The first kappa shape index (κ1) is 38.5. The van der Waals surface area contributed by atoms with Crippen LogP contribution in [0.5, 0.6) is 0 Å². The van der Waals surface area contributed by atoms with Crippen LogP contribution >= 0.6 is 12.8 Å². The van der Waals surface area contributed by atoms with Crippen molar-refractivity contribution in [2.45, 2.75) is 57.9 Å². The molecule has 5 rings (SSSR count). The number of carboxylic acid groups (broad SMARTS) is 1. The molecule has 0 radical (unpaired) electrons. The van der Waals surface area contributed by atoms with Crippen molar-refractivity contribution in [2.75, 3.05) is 19.0 Å². The molecule has 260 valence electrons. The predicted molar refractivity (Wildman–Crippen MR) is 179 cm³/mol. The number of hydrogen-bond acceptors (Lipinski definition) is 7. The van der Waals surface area contributed by atoms with E-state index in [1.165, 1.54) is 0 Å². The van der Waals surface area contributed by atoms with Crippen LogP contribution in [0.25, 0.3) is 22.2 Å². The number of fused-ring (bicyclic) bond motifs is 1. The van der Waals surface area contributed by atoms with Gasteiger partial charge in [-0.3, -0.25) is 14.3 Å². The van der Waals surface area contributed by atoms with Crippen molar-refractivity contribution in [2.24, 2.45) is 13.0 Å². The first-order valence-corrected chi connectivity index (χ1v) is 15.6. The van der Waals surface area contributed by atoms with Gasteiger partial charge in [-0.25, -0.2) is 9.37 Å². The Bertz CT molecular complexity index is 1680. The second kappa shape index (κ2) is 17.4. The molecule has 48 heavy (non-hydrogen) atoms. The number of carboxylic acids is 1. The highest BCUT2D eigenvalue weighted by atomic mass is 32.1. The Hall–Kier alpha value is -3.98. The third-order valence-corrected chi connectivity index (χ3v) is 7.82. The van der Waals surface area contributed by atoms with Crippen molar-refractivity contribution >= 4 is 41.4 Å². The number of thiol groups is 1. The molecular formula is C34H40F4N4O5S. The van der Waals surface area contributed by atoms with Gasteiger partial charge >= 0.3 is 6.18 Å². The van der Waals surface area contributed by atoms with Gasteiger partial charge in [0.1, 0.15) is 18.2 Å². The van der Waals surface area contributed by atoms with Crippen LogP contribution in [0.4, 0.5) is 23.2 Å². The molecule has 0 saturated heterocycles. The van der Waals surface area contributed by atoms with Gasteiger partial charge in [0.2, 0.25) is 5.91 Å². The van der Waals surface area contributed by atoms with E-state index in [9.17, 15) is 27.5 Å². The number of carbonyl (C=O) groups excluding carboxylic acids is 1. The van der Waals surface area contributed by atoms with Gasteiger partial charge in [-0.05, 0) is 86.2 Å². The number of nitrogens with zero attached hydrogens (tertiary/aromatic N) is 2. The lowest BCUT2D eigenvalue weighted by Gasteiger charge is -2.34. The molecule has 4 N–H and O–H groups in total. The highest BCUT2D eigenvalue weighted by molar-refractivity contribution is 7.78. The first-order valence-electron chi connectivity index (χ1n) is 15.2. The molecule has 4 aromatic rings. The van der Waals surface area contributed by atoms with E-state index in [0.29, 0.717) is 31.3 Å². The van der Waals surface area contributed by atoms with Crippen molar-refractivity contribution in [1.29, 1.82) is 0 Å². The highest BCUT2D eigenvalue weighted by Crippen LogP contribution is 2.39. The van der Waals surface area contributed by atoms with Crippen LogP contribution < -0.4 is 10.0 Å². The van der Waals surface area contributed by atoms with Gasteiger partial charge in [0.05, 0.1) is 28.4 Å². The average molecular weight is 693 g/mol. The quantitative estimate of drug-likeness (QED) is 0.105. The van der Waals surface area contributed by atoms with E-state index in [-0.39, 0.29) is 24.3 Å². The molecule has 1 saturated carbocycles. The third-order valence-electron chi connectivity index (χ3n) is 7.82. The molecule has 1 aliphatic carbocycles. The molecule has 9 nitrogen and oxygen atoms in total. The summed E-state index contributed by atoms with van der Waals surface area (Å²) in [5.74, 6) is -2.31. The lowest BCUT2D eigenvalue weighted by atomic mass is 9.76. The van der Waals surface area contributed by atoms with Crippen LogP contribution in [0.3, 0.4) is 0 Å². The number of benzene rings is 3. The third kappa shape index (κ3) is 10.3. The summed E-state index contributed by atoms with van der Waals surface area (Å²) < 4.78 is 63.3. The number of rotatable bonds is 7. The number of aromatic nitrogens is 2. The zero-order chi connectivity index (χ0) is 35.6. The van der Waals surface area contributed by atoms with Crippen LogP contribution in [0.15, 0.2) is 60.7 Å². The normalized spacial score (nSPS) is 17.5. The summed E-state index contributed by atoms with van der Waals surface area (Å²) in [7, 11) is 3.60. The fourth-order valence-electron chi connectivity index (χ4n) is 5.67. The van der Waals surface area contributed by atoms with Crippen LogP contribution in [-0.4, -0.2) is 51.4 Å². The molecule has 0 spiro atoms. The standard InChI is InChI=1S/C31H31F4N3O3.C2H4O2.CH5NS/c1-3-41-24-13-21(12-22(14-24)30(40)37-26-10-9-23(16-25(26)32)31(33,34)35)19-6-4-18(5-7-19)20-8-11-28-27(15-20)36-29(17-39)38(28)2;1-2(3)4;1-2-3/h4-11,15-16,21-22,24,39H,3,12-14,17H2,1-2H3,(H,37,40);1H3,(H,3,4);2-3H,1H3. The zero-order valence-corrected chi connectivity index (χ0v) is 27.9. The number of aliphatic carboxylic acids is 1. The molecule has 1 aliphatic rings. The number of ether oxygens (including phenoxy) is 1. The summed E-state index contributed by atoms with van der Waals surface area (Å²) >= 11 is 3.54. The summed E-state index contributed by atoms with van der Waals surface area (Å²) in [4.78, 5) is 26.6. The molecule has 14 heteroatoms. The lowest BCUT2D eigenvalue weighted by molar-refractivity contribution is -0.138. The number of hydrogen-bond donors (Lipinski definition) is 5. The van der Waals surface area contributed by atoms with E-state index in [0.717, 1.165) is 53.2 Å². The highest BCUT2D eigenvalue weighted by Gasteiger charge is 2.35. The van der Waals surface area contributed by atoms with Crippen LogP contribution in [0.1, 0.15) is 56.0 Å². The van der Waals surface area contributed by atoms with Crippen molar-refractivity contribution < 1.29 is 42.1 Å². The molecule has 3 aromatic carbocycles. The van der Waals surface area contributed by atoms with Crippen molar-refractivity contribution in [1.82, 2.24) is 14.3 Å². The Morgan fingerprint density at radius 1 is 1.04 bits per heavy atom. The summed E-state index contributed by atoms with van der Waals surface area (Å²) in [6.45, 7) is 3.30. The number of amides is 1. The monoisotopic (exact) mass is 692 g/mol. The number of carbonyl (C=O) groups is 2. The second-order valence-corrected chi connectivity index (χ2v) is 11.6. The SMILES string of the molecule is CC(=O)O.CCOC1CC(C(=O)Nc2ccc(C(F)(F)F)cc2F)CC(c2ccc(-c3ccc4c(c3)nc(CO)n4C)cc2)C1.CNS. The summed E-state index contributed by atoms with van der Waals surface area (Å²) in [6.07, 6.45) is -3.19. The molecular weight excluding hydrogens is 652 g/mol. The first-order chi connectivity index (χ1) is 22.7. The van der Waals surface area contributed by atoms with Crippen molar-refractivity contribution in [3.63, 3.8) is 0 Å². The number of aliphatic hydroxyl groups is 1. The average Bonchev–Trinajstić information content (AvgIpc) is 3.36. The molecule has 1 fully saturated rings. The van der Waals surface area contributed by atoms with E-state index >= 15 is 0 Å². The summed E-state index contributed by atoms with van der Waals surface area (Å²) in [5.41, 5.74) is 3.36. The minimum atomic E-state index is -4.67. The largest absolute Gasteiger partial charge is 0.481 e. The van der Waals surface area contributed by atoms with E-state index < -0.39 is 35.4 Å². The van der Waals surface area contributed by atoms with Gasteiger partial charge in [-0.15, -0.1) is 0 Å². The van der Waals surface area contributed by atoms with E-state index in [1.807, 2.05) is 61.0 Å². The Balaban J connectivity index is 0.000000818. The number of aliphatic hydroxyl groups excluding tert-OH is 1. The number of anilines is 1. The van der Waals surface area contributed by atoms with Gasteiger partial charge in [0.25, 0.3) is 5.97 Å². The maximum absolute atomic E-state index is 14.4. The van der Waals surface area contributed by atoms with Crippen molar-refractivity contribution in [3.05, 3.63) is 83.4 Å². The molecule has 0 aliphatic heterocycles. The smallest absolute Gasteiger partial charge is 0.416 e. The Morgan fingerprint density at radius 2 is 1.67 bits per heavy atom. The number of alkyl halides is 3. The van der Waals surface area contributed by atoms with Crippen LogP contribution in [0, 0.1) is 11.7 Å². The second-order valence-electron chi connectivity index (χ2n) is 11.2. The van der Waals surface area contributed by atoms with Crippen LogP contribution in [0.2, 0.25) is 0 Å². The maximum Gasteiger partial charge on any atom is 0.416 e. The molecule has 3 atom stereocenters. The van der Waals surface area contributed by atoms with E-state index in [2.05, 4.69) is 27.8 Å². The van der Waals surface area contributed by atoms with Gasteiger partial charge < -0.3 is 24.8 Å². The maximum atomic E-state index is 14.4. The van der Waals surface area contributed by atoms with E-state index in [4.69, 9.17) is 14.6 Å². The van der Waals surface area contributed by atoms with Gasteiger partial charge in [-0.1, -0.05) is 43.1 Å². The van der Waals surface area contributed by atoms with Gasteiger partial charge in [0.15, 0.2) is 0 Å². The van der Waals surface area contributed by atoms with E-state index in [1.54, 1.807) is 7.05 Å². The number of imidazole rings is 1. The number of halogens is 4. The minimum absolute atomic E-state index is 0.00735. The lowest BCUT2D eigenvalue weighted by Crippen LogP contribution is -2.35. The fourth-order valence-corrected chi connectivity index (χ4v) is 5.67. The minimum Gasteiger partial charge on any atom is -0.481 e. The molecule has 1 amide bonds. The molecule has 3 unspecified atom stereocenters. The molecule has 0 bridgehead atoms. The van der Waals surface area contributed by atoms with Crippen molar-refractivity contribution in [3.8, 4) is 11.1 Å².